The van der Waals surface area contributed by atoms with Crippen molar-refractivity contribution in [1.29, 1.82) is 0 Å². The van der Waals surface area contributed by atoms with Gasteiger partial charge in [-0.25, -0.2) is 4.98 Å². The highest BCUT2D eigenvalue weighted by Crippen LogP contribution is 2.30. The number of amides is 1. The molecule has 1 aliphatic rings. The molecule has 1 amide bonds. The number of hydrogen-bond acceptors (Lipinski definition) is 4. The molecule has 2 atom stereocenters. The van der Waals surface area contributed by atoms with Gasteiger partial charge in [0.15, 0.2) is 5.82 Å². The monoisotopic (exact) mass is 303 g/mol. The molecule has 3 rings (SSSR count). The van der Waals surface area contributed by atoms with Crippen molar-refractivity contribution in [2.24, 2.45) is 0 Å². The van der Waals surface area contributed by atoms with Gasteiger partial charge in [0.1, 0.15) is 11.9 Å². The van der Waals surface area contributed by atoms with E-state index in [1.807, 2.05) is 19.9 Å². The van der Waals surface area contributed by atoms with E-state index in [2.05, 4.69) is 25.5 Å². The van der Waals surface area contributed by atoms with Gasteiger partial charge in [0.2, 0.25) is 0 Å². The van der Waals surface area contributed by atoms with Gasteiger partial charge in [0.05, 0.1) is 11.7 Å². The molecule has 7 heteroatoms. The predicted octanol–water partition coefficient (Wildman–Crippen LogP) is 1.65. The molecule has 1 saturated heterocycles. The summed E-state index contributed by atoms with van der Waals surface area (Å²) in [6, 6.07) is 1.81. The lowest BCUT2D eigenvalue weighted by Crippen LogP contribution is -2.32. The Kier molecular flexibility index (Phi) is 4.24. The van der Waals surface area contributed by atoms with Gasteiger partial charge >= 0.3 is 0 Å². The molecule has 1 aliphatic heterocycles. The number of hydrogen-bond donors (Lipinski definition) is 3. The molecule has 2 aromatic rings. The van der Waals surface area contributed by atoms with Crippen molar-refractivity contribution in [2.45, 2.75) is 45.3 Å². The summed E-state index contributed by atoms with van der Waals surface area (Å²) in [7, 11) is 0. The van der Waals surface area contributed by atoms with Crippen LogP contribution in [-0.4, -0.2) is 38.7 Å². The Balaban J connectivity index is 1.52. The van der Waals surface area contributed by atoms with Crippen molar-refractivity contribution < 1.29 is 9.53 Å². The van der Waals surface area contributed by atoms with Gasteiger partial charge in [0.25, 0.3) is 5.91 Å². The maximum Gasteiger partial charge on any atom is 0.253 e. The molecule has 0 spiro atoms. The van der Waals surface area contributed by atoms with Crippen LogP contribution in [0.15, 0.2) is 12.3 Å². The molecule has 0 aliphatic carbocycles. The Morgan fingerprint density at radius 2 is 2.36 bits per heavy atom. The summed E-state index contributed by atoms with van der Waals surface area (Å²) in [5, 5.41) is 9.91. The minimum atomic E-state index is -0.0784. The van der Waals surface area contributed by atoms with E-state index in [-0.39, 0.29) is 18.1 Å². The number of aromatic amines is 2. The van der Waals surface area contributed by atoms with Crippen LogP contribution < -0.4 is 5.32 Å². The fourth-order valence-corrected chi connectivity index (χ4v) is 2.76. The lowest BCUT2D eigenvalue weighted by atomic mass is 10.1. The standard InChI is InChI=1S/C15H21N5O2/c1-3-12-11(6-7-16-12)15(21)17-8-10-4-5-13(22-10)14-18-9(2)19-20-14/h6-7,10,13,16H,3-5,8H2,1-2H3,(H,17,21)(H,18,19,20)/t10-,13+/m1/s1. The molecule has 0 radical (unpaired) electrons. The van der Waals surface area contributed by atoms with Crippen LogP contribution in [0.25, 0.3) is 0 Å². The van der Waals surface area contributed by atoms with Crippen molar-refractivity contribution in [3.63, 3.8) is 0 Å². The van der Waals surface area contributed by atoms with Gasteiger partial charge in [-0.05, 0) is 32.3 Å². The maximum absolute atomic E-state index is 12.2. The van der Waals surface area contributed by atoms with E-state index in [4.69, 9.17) is 4.74 Å². The minimum absolute atomic E-state index is 0.0109. The summed E-state index contributed by atoms with van der Waals surface area (Å²) >= 11 is 0. The fourth-order valence-electron chi connectivity index (χ4n) is 2.76. The maximum atomic E-state index is 12.2. The Labute approximate surface area is 128 Å². The molecule has 0 unspecified atom stereocenters. The number of nitrogens with one attached hydrogen (secondary N) is 3. The smallest absolute Gasteiger partial charge is 0.253 e. The van der Waals surface area contributed by atoms with E-state index in [9.17, 15) is 4.79 Å². The Morgan fingerprint density at radius 3 is 3.09 bits per heavy atom. The minimum Gasteiger partial charge on any atom is -0.365 e. The molecule has 0 aromatic carbocycles. The molecule has 7 nitrogen and oxygen atoms in total. The normalized spacial score (nSPS) is 21.2. The highest BCUT2D eigenvalue weighted by Gasteiger charge is 2.29. The van der Waals surface area contributed by atoms with E-state index in [0.717, 1.165) is 30.8 Å². The number of aromatic nitrogens is 4. The Morgan fingerprint density at radius 1 is 1.50 bits per heavy atom. The zero-order valence-electron chi connectivity index (χ0n) is 12.8. The zero-order valence-corrected chi connectivity index (χ0v) is 12.8. The number of carbonyl (C=O) groups excluding carboxylic acids is 1. The third kappa shape index (κ3) is 3.04. The summed E-state index contributed by atoms with van der Waals surface area (Å²) < 4.78 is 5.92. The first-order chi connectivity index (χ1) is 10.7. The highest BCUT2D eigenvalue weighted by atomic mass is 16.5. The highest BCUT2D eigenvalue weighted by molar-refractivity contribution is 5.95. The van der Waals surface area contributed by atoms with Crippen molar-refractivity contribution >= 4 is 5.91 Å². The van der Waals surface area contributed by atoms with Crippen LogP contribution in [-0.2, 0) is 11.2 Å². The van der Waals surface area contributed by atoms with Gasteiger partial charge in [-0.2, -0.15) is 5.10 Å². The third-order valence-electron chi connectivity index (χ3n) is 3.93. The summed E-state index contributed by atoms with van der Waals surface area (Å²) in [5.41, 5.74) is 1.67. The van der Waals surface area contributed by atoms with E-state index in [1.165, 1.54) is 0 Å². The number of nitrogens with zero attached hydrogens (tertiary/aromatic N) is 2. The Bertz CT molecular complexity index is 648. The average Bonchev–Trinajstić information content (AvgIpc) is 3.24. The molecule has 2 aromatic heterocycles. The van der Waals surface area contributed by atoms with Gasteiger partial charge in [-0.1, -0.05) is 6.92 Å². The predicted molar refractivity (Wildman–Crippen MR) is 80.5 cm³/mol. The molecule has 118 valence electrons. The second-order valence-corrected chi connectivity index (χ2v) is 5.54. The van der Waals surface area contributed by atoms with Gasteiger partial charge < -0.3 is 15.0 Å². The number of aryl methyl sites for hydroxylation is 2. The molecule has 22 heavy (non-hydrogen) atoms. The number of carbonyl (C=O) groups is 1. The third-order valence-corrected chi connectivity index (χ3v) is 3.93. The van der Waals surface area contributed by atoms with Crippen LogP contribution in [0, 0.1) is 6.92 Å². The molecule has 3 heterocycles. The summed E-state index contributed by atoms with van der Waals surface area (Å²) in [6.07, 6.45) is 4.31. The summed E-state index contributed by atoms with van der Waals surface area (Å²) in [4.78, 5) is 19.6. The molecule has 0 bridgehead atoms. The molecule has 0 saturated carbocycles. The molecule has 1 fully saturated rings. The quantitative estimate of drug-likeness (QED) is 0.782. The van der Waals surface area contributed by atoms with E-state index >= 15 is 0 Å². The van der Waals surface area contributed by atoms with Gasteiger partial charge in [0, 0.05) is 18.4 Å². The van der Waals surface area contributed by atoms with Gasteiger partial charge in [-0.15, -0.1) is 0 Å². The van der Waals surface area contributed by atoms with Crippen molar-refractivity contribution in [2.75, 3.05) is 6.54 Å². The first-order valence-corrected chi connectivity index (χ1v) is 7.66. The SMILES string of the molecule is CCc1[nH]ccc1C(=O)NC[C@H]1CC[C@@H](c2n[nH]c(C)n2)O1. The summed E-state index contributed by atoms with van der Waals surface area (Å²) in [6.45, 7) is 4.39. The molecular formula is C15H21N5O2. The van der Waals surface area contributed by atoms with Crippen molar-refractivity contribution in [1.82, 2.24) is 25.5 Å². The van der Waals surface area contributed by atoms with Crippen LogP contribution >= 0.6 is 0 Å². The summed E-state index contributed by atoms with van der Waals surface area (Å²) in [5.74, 6) is 1.43. The van der Waals surface area contributed by atoms with Crippen LogP contribution in [0.3, 0.4) is 0 Å². The van der Waals surface area contributed by atoms with Gasteiger partial charge in [-0.3, -0.25) is 9.89 Å². The van der Waals surface area contributed by atoms with Crippen molar-refractivity contribution in [3.8, 4) is 0 Å². The first-order valence-electron chi connectivity index (χ1n) is 7.66. The largest absolute Gasteiger partial charge is 0.365 e. The fraction of sp³-hybridized carbons (Fsp3) is 0.533. The van der Waals surface area contributed by atoms with Crippen LogP contribution in [0.2, 0.25) is 0 Å². The first kappa shape index (κ1) is 14.8. The molecule has 3 N–H and O–H groups in total. The second kappa shape index (κ2) is 6.31. The van der Waals surface area contributed by atoms with E-state index in [0.29, 0.717) is 17.9 Å². The average molecular weight is 303 g/mol. The van der Waals surface area contributed by atoms with Crippen LogP contribution in [0.1, 0.15) is 53.6 Å². The molecular weight excluding hydrogens is 282 g/mol. The lowest BCUT2D eigenvalue weighted by Gasteiger charge is -2.13. The lowest BCUT2D eigenvalue weighted by molar-refractivity contribution is 0.0392. The van der Waals surface area contributed by atoms with Crippen LogP contribution in [0.5, 0.6) is 0 Å². The Hall–Kier alpha value is -2.15. The number of ether oxygens (including phenoxy) is 1. The second-order valence-electron chi connectivity index (χ2n) is 5.54. The van der Waals surface area contributed by atoms with E-state index in [1.54, 1.807) is 6.20 Å². The van der Waals surface area contributed by atoms with E-state index < -0.39 is 0 Å². The topological polar surface area (TPSA) is 95.7 Å². The van der Waals surface area contributed by atoms with Crippen LogP contribution in [0.4, 0.5) is 0 Å². The zero-order chi connectivity index (χ0) is 15.5. The number of H-pyrrole nitrogens is 2. The number of rotatable bonds is 5. The van der Waals surface area contributed by atoms with Crippen molar-refractivity contribution in [3.05, 3.63) is 35.2 Å².